The summed E-state index contributed by atoms with van der Waals surface area (Å²) in [4.78, 5) is 0. The highest BCUT2D eigenvalue weighted by molar-refractivity contribution is 5.25. The molecule has 2 nitrogen and oxygen atoms in total. The molecule has 4 aliphatic rings. The first-order valence-corrected chi connectivity index (χ1v) is 9.01. The van der Waals surface area contributed by atoms with Crippen LogP contribution in [-0.4, -0.2) is 22.4 Å². The Morgan fingerprint density at radius 1 is 1.00 bits per heavy atom. The minimum absolute atomic E-state index is 0.0742. The summed E-state index contributed by atoms with van der Waals surface area (Å²) in [6.07, 6.45) is 11.2. The number of aliphatic hydroxyl groups excluding tert-OH is 2. The van der Waals surface area contributed by atoms with Gasteiger partial charge in [0.25, 0.3) is 0 Å². The first-order chi connectivity index (χ1) is 9.95. The second-order valence-electron chi connectivity index (χ2n) is 8.79. The maximum absolute atomic E-state index is 10.5. The number of hydrogen-bond donors (Lipinski definition) is 2. The fourth-order valence-corrected chi connectivity index (χ4v) is 6.61. The largest absolute Gasteiger partial charge is 0.393 e. The Labute approximate surface area is 128 Å². The van der Waals surface area contributed by atoms with Gasteiger partial charge in [-0.05, 0) is 80.0 Å². The van der Waals surface area contributed by atoms with Gasteiger partial charge in [-0.1, -0.05) is 25.5 Å². The normalized spacial score (nSPS) is 56.2. The molecule has 3 saturated carbocycles. The van der Waals surface area contributed by atoms with Crippen LogP contribution in [0, 0.1) is 28.6 Å². The van der Waals surface area contributed by atoms with E-state index in [4.69, 9.17) is 0 Å². The molecule has 0 saturated heterocycles. The Hall–Kier alpha value is -0.340. The van der Waals surface area contributed by atoms with Gasteiger partial charge >= 0.3 is 0 Å². The van der Waals surface area contributed by atoms with Gasteiger partial charge in [0.05, 0.1) is 12.2 Å². The molecule has 0 aromatic heterocycles. The van der Waals surface area contributed by atoms with E-state index in [1.165, 1.54) is 25.7 Å². The predicted molar refractivity (Wildman–Crippen MR) is 83.7 cm³/mol. The van der Waals surface area contributed by atoms with E-state index in [9.17, 15) is 10.2 Å². The van der Waals surface area contributed by atoms with Crippen LogP contribution in [0.2, 0.25) is 0 Å². The van der Waals surface area contributed by atoms with E-state index in [1.807, 2.05) is 0 Å². The van der Waals surface area contributed by atoms with Crippen LogP contribution in [0.4, 0.5) is 0 Å². The van der Waals surface area contributed by atoms with Crippen molar-refractivity contribution in [2.75, 3.05) is 0 Å². The van der Waals surface area contributed by atoms with Crippen LogP contribution in [0.5, 0.6) is 0 Å². The lowest BCUT2D eigenvalue weighted by Gasteiger charge is -2.57. The van der Waals surface area contributed by atoms with E-state index in [-0.39, 0.29) is 17.6 Å². The molecule has 21 heavy (non-hydrogen) atoms. The van der Waals surface area contributed by atoms with Crippen molar-refractivity contribution in [1.82, 2.24) is 0 Å². The quantitative estimate of drug-likeness (QED) is 0.668. The number of aliphatic hydroxyl groups is 2. The zero-order chi connectivity index (χ0) is 14.8. The summed E-state index contributed by atoms with van der Waals surface area (Å²) >= 11 is 0. The minimum Gasteiger partial charge on any atom is -0.393 e. The van der Waals surface area contributed by atoms with Crippen molar-refractivity contribution < 1.29 is 10.2 Å². The molecule has 0 heterocycles. The summed E-state index contributed by atoms with van der Waals surface area (Å²) in [6, 6.07) is 0. The Kier molecular flexibility index (Phi) is 3.11. The zero-order valence-corrected chi connectivity index (χ0v) is 13.5. The summed E-state index contributed by atoms with van der Waals surface area (Å²) < 4.78 is 0. The lowest BCUT2D eigenvalue weighted by atomic mass is 9.48. The summed E-state index contributed by atoms with van der Waals surface area (Å²) in [7, 11) is 0. The molecule has 3 fully saturated rings. The number of allylic oxidation sites excluding steroid dienone is 1. The topological polar surface area (TPSA) is 40.5 Å². The van der Waals surface area contributed by atoms with Gasteiger partial charge in [-0.3, -0.25) is 0 Å². The Balaban J connectivity index is 1.68. The molecule has 0 bridgehead atoms. The van der Waals surface area contributed by atoms with Gasteiger partial charge in [-0.2, -0.15) is 0 Å². The van der Waals surface area contributed by atoms with Crippen LogP contribution < -0.4 is 0 Å². The van der Waals surface area contributed by atoms with Gasteiger partial charge in [-0.15, -0.1) is 0 Å². The van der Waals surface area contributed by atoms with E-state index in [2.05, 4.69) is 19.9 Å². The third-order valence-corrected chi connectivity index (χ3v) is 8.03. The first-order valence-electron chi connectivity index (χ1n) is 9.01. The molecule has 0 spiro atoms. The smallest absolute Gasteiger partial charge is 0.0596 e. The van der Waals surface area contributed by atoms with Gasteiger partial charge in [0.2, 0.25) is 0 Å². The molecular weight excluding hydrogens is 260 g/mol. The summed E-state index contributed by atoms with van der Waals surface area (Å²) in [5.41, 5.74) is 2.05. The number of rotatable bonds is 0. The summed E-state index contributed by atoms with van der Waals surface area (Å²) in [5.74, 6) is 2.27. The molecule has 4 aliphatic carbocycles. The average molecular weight is 290 g/mol. The van der Waals surface area contributed by atoms with Crippen molar-refractivity contribution in [1.29, 1.82) is 0 Å². The molecule has 0 amide bonds. The molecule has 0 radical (unpaired) electrons. The molecule has 2 unspecified atom stereocenters. The lowest BCUT2D eigenvalue weighted by Crippen LogP contribution is -2.51. The monoisotopic (exact) mass is 290 g/mol. The van der Waals surface area contributed by atoms with Crippen molar-refractivity contribution in [3.63, 3.8) is 0 Å². The van der Waals surface area contributed by atoms with Crippen LogP contribution in [0.15, 0.2) is 11.6 Å². The molecule has 2 N–H and O–H groups in total. The summed E-state index contributed by atoms with van der Waals surface area (Å²) in [5, 5.41) is 20.5. The van der Waals surface area contributed by atoms with E-state index in [0.717, 1.165) is 37.5 Å². The van der Waals surface area contributed by atoms with E-state index >= 15 is 0 Å². The van der Waals surface area contributed by atoms with Crippen LogP contribution in [0.25, 0.3) is 0 Å². The van der Waals surface area contributed by atoms with Gasteiger partial charge in [-0.25, -0.2) is 0 Å². The molecule has 0 aromatic carbocycles. The molecule has 0 aromatic rings. The van der Waals surface area contributed by atoms with Crippen molar-refractivity contribution in [3.05, 3.63) is 11.6 Å². The Morgan fingerprint density at radius 2 is 1.81 bits per heavy atom. The van der Waals surface area contributed by atoms with Crippen molar-refractivity contribution in [2.45, 2.75) is 77.4 Å². The van der Waals surface area contributed by atoms with E-state index in [0.29, 0.717) is 11.3 Å². The van der Waals surface area contributed by atoms with E-state index < -0.39 is 0 Å². The van der Waals surface area contributed by atoms with Crippen LogP contribution in [0.3, 0.4) is 0 Å². The first kappa shape index (κ1) is 14.3. The molecule has 7 atom stereocenters. The van der Waals surface area contributed by atoms with Gasteiger partial charge in [0.1, 0.15) is 0 Å². The number of fused-ring (bicyclic) bond motifs is 5. The minimum atomic E-state index is -0.108. The van der Waals surface area contributed by atoms with Gasteiger partial charge in [0, 0.05) is 0 Å². The number of hydrogen-bond acceptors (Lipinski definition) is 2. The van der Waals surface area contributed by atoms with E-state index in [1.54, 1.807) is 5.57 Å². The molecule has 4 rings (SSSR count). The fraction of sp³-hybridized carbons (Fsp3) is 0.895. The Bertz CT molecular complexity index is 470. The van der Waals surface area contributed by atoms with Crippen molar-refractivity contribution >= 4 is 0 Å². The molecule has 2 heteroatoms. The average Bonchev–Trinajstić information content (AvgIpc) is 2.76. The van der Waals surface area contributed by atoms with Gasteiger partial charge < -0.3 is 10.2 Å². The third kappa shape index (κ3) is 1.84. The Morgan fingerprint density at radius 3 is 2.62 bits per heavy atom. The van der Waals surface area contributed by atoms with Crippen LogP contribution in [0.1, 0.15) is 65.2 Å². The maximum Gasteiger partial charge on any atom is 0.0596 e. The second-order valence-corrected chi connectivity index (χ2v) is 8.79. The predicted octanol–water partition coefficient (Wildman–Crippen LogP) is 3.67. The fourth-order valence-electron chi connectivity index (χ4n) is 6.61. The highest BCUT2D eigenvalue weighted by Gasteiger charge is 2.58. The highest BCUT2D eigenvalue weighted by atomic mass is 16.3. The van der Waals surface area contributed by atoms with Crippen molar-refractivity contribution in [2.24, 2.45) is 28.6 Å². The molecule has 0 aliphatic heterocycles. The second kappa shape index (κ2) is 4.58. The zero-order valence-electron chi connectivity index (χ0n) is 13.5. The van der Waals surface area contributed by atoms with Crippen molar-refractivity contribution in [3.8, 4) is 0 Å². The maximum atomic E-state index is 10.5. The van der Waals surface area contributed by atoms with Crippen LogP contribution in [-0.2, 0) is 0 Å². The standard InChI is InChI=1S/C19H30O2/c1-18-9-7-13(20)11-12(18)3-4-14-15-5-6-17(21)19(15,2)10-8-16(14)18/h3,13-17,20-21H,4-11H2,1-2H3/t13?,14-,15-,16+,17?,18-,19-/m0/s1. The van der Waals surface area contributed by atoms with Gasteiger partial charge in [0.15, 0.2) is 0 Å². The SMILES string of the molecule is C[C@]12CCC(O)CC1=CC[C@@H]1[C@H]2CC[C@]2(C)C(O)CC[C@@H]12. The molecule has 118 valence electrons. The lowest BCUT2D eigenvalue weighted by molar-refractivity contribution is -0.0711. The molecular formula is C19H30O2. The highest BCUT2D eigenvalue weighted by Crippen LogP contribution is 2.64. The van der Waals surface area contributed by atoms with Crippen LogP contribution >= 0.6 is 0 Å². The third-order valence-electron chi connectivity index (χ3n) is 8.03. The summed E-state index contributed by atoms with van der Waals surface area (Å²) in [6.45, 7) is 4.81.